The van der Waals surface area contributed by atoms with Crippen LogP contribution in [0.25, 0.3) is 5.69 Å². The van der Waals surface area contributed by atoms with Crippen molar-refractivity contribution in [1.82, 2.24) is 15.1 Å². The highest BCUT2D eigenvalue weighted by Crippen LogP contribution is 2.18. The molecule has 1 amide bonds. The Balaban J connectivity index is 2.19. The molecular formula is C19H25N3O4. The summed E-state index contributed by atoms with van der Waals surface area (Å²) in [5.74, 6) is -1.13. The van der Waals surface area contributed by atoms with Gasteiger partial charge in [0.1, 0.15) is 11.6 Å². The molecule has 0 radical (unpaired) electrons. The number of aromatic nitrogens is 2. The maximum absolute atomic E-state index is 11.9. The predicted octanol–water partition coefficient (Wildman–Crippen LogP) is 3.01. The number of ether oxygens (including phenoxy) is 1. The van der Waals surface area contributed by atoms with Crippen LogP contribution in [0.5, 0.6) is 0 Å². The van der Waals surface area contributed by atoms with E-state index in [1.165, 1.54) is 0 Å². The molecule has 0 aliphatic carbocycles. The van der Waals surface area contributed by atoms with Gasteiger partial charge >= 0.3 is 12.1 Å². The lowest BCUT2D eigenvalue weighted by molar-refractivity contribution is -0.139. The molecule has 0 aliphatic heterocycles. The van der Waals surface area contributed by atoms with E-state index >= 15 is 0 Å². The summed E-state index contributed by atoms with van der Waals surface area (Å²) in [7, 11) is 0. The molecule has 0 fully saturated rings. The van der Waals surface area contributed by atoms with Crippen molar-refractivity contribution in [1.29, 1.82) is 0 Å². The fourth-order valence-electron chi connectivity index (χ4n) is 2.56. The van der Waals surface area contributed by atoms with Crippen molar-refractivity contribution in [3.8, 4) is 5.69 Å². The summed E-state index contributed by atoms with van der Waals surface area (Å²) in [4.78, 5) is 23.5. The number of carbonyl (C=O) groups excluding carboxylic acids is 1. The van der Waals surface area contributed by atoms with E-state index in [0.29, 0.717) is 0 Å². The van der Waals surface area contributed by atoms with Crippen LogP contribution in [0.4, 0.5) is 4.79 Å². The highest BCUT2D eigenvalue weighted by molar-refractivity contribution is 5.80. The number of para-hydroxylation sites is 1. The smallest absolute Gasteiger partial charge is 0.408 e. The zero-order valence-electron chi connectivity index (χ0n) is 15.7. The number of hydrogen-bond acceptors (Lipinski definition) is 4. The van der Waals surface area contributed by atoms with Crippen LogP contribution in [0, 0.1) is 13.8 Å². The van der Waals surface area contributed by atoms with Crippen molar-refractivity contribution in [2.45, 2.75) is 52.7 Å². The highest BCUT2D eigenvalue weighted by Gasteiger charge is 2.25. The van der Waals surface area contributed by atoms with Gasteiger partial charge in [-0.05, 0) is 51.8 Å². The van der Waals surface area contributed by atoms with Crippen LogP contribution in [-0.2, 0) is 16.0 Å². The molecule has 140 valence electrons. The Morgan fingerprint density at radius 3 is 2.50 bits per heavy atom. The van der Waals surface area contributed by atoms with E-state index in [9.17, 15) is 14.7 Å². The molecule has 26 heavy (non-hydrogen) atoms. The van der Waals surface area contributed by atoms with E-state index in [1.807, 2.05) is 38.1 Å². The Hall–Kier alpha value is -2.83. The summed E-state index contributed by atoms with van der Waals surface area (Å²) in [5, 5.41) is 16.2. The highest BCUT2D eigenvalue weighted by atomic mass is 16.6. The molecule has 1 atom stereocenters. The average molecular weight is 359 g/mol. The van der Waals surface area contributed by atoms with E-state index < -0.39 is 23.7 Å². The quantitative estimate of drug-likeness (QED) is 0.856. The van der Waals surface area contributed by atoms with E-state index in [4.69, 9.17) is 4.74 Å². The van der Waals surface area contributed by atoms with Crippen LogP contribution < -0.4 is 5.32 Å². The topological polar surface area (TPSA) is 93.5 Å². The van der Waals surface area contributed by atoms with Gasteiger partial charge in [0.15, 0.2) is 0 Å². The predicted molar refractivity (Wildman–Crippen MR) is 97.5 cm³/mol. The van der Waals surface area contributed by atoms with E-state index in [1.54, 1.807) is 31.6 Å². The first-order valence-corrected chi connectivity index (χ1v) is 8.40. The summed E-state index contributed by atoms with van der Waals surface area (Å²) in [6.45, 7) is 9.03. The number of carboxylic acids is 1. The van der Waals surface area contributed by atoms with Gasteiger partial charge in [-0.25, -0.2) is 14.3 Å². The minimum Gasteiger partial charge on any atom is -0.480 e. The van der Waals surface area contributed by atoms with E-state index in [2.05, 4.69) is 10.4 Å². The number of aryl methyl sites for hydroxylation is 1. The normalized spacial score (nSPS) is 12.5. The molecule has 0 bridgehead atoms. The third kappa shape index (κ3) is 4.84. The summed E-state index contributed by atoms with van der Waals surface area (Å²) in [6.07, 6.45) is 0.995. The summed E-state index contributed by atoms with van der Waals surface area (Å²) in [6, 6.07) is 6.71. The Bertz CT molecular complexity index is 805. The average Bonchev–Trinajstić information content (AvgIpc) is 2.86. The minimum absolute atomic E-state index is 0.117. The zero-order chi connectivity index (χ0) is 19.5. The van der Waals surface area contributed by atoms with Gasteiger partial charge in [0.05, 0.1) is 11.9 Å². The van der Waals surface area contributed by atoms with Gasteiger partial charge < -0.3 is 15.2 Å². The summed E-state index contributed by atoms with van der Waals surface area (Å²) in [5.41, 5.74) is 2.88. The van der Waals surface area contributed by atoms with Crippen LogP contribution >= 0.6 is 0 Å². The van der Waals surface area contributed by atoms with Crippen molar-refractivity contribution >= 4 is 12.1 Å². The second kappa shape index (κ2) is 7.59. The Morgan fingerprint density at radius 2 is 1.92 bits per heavy atom. The molecule has 2 rings (SSSR count). The second-order valence-electron chi connectivity index (χ2n) is 7.19. The third-order valence-corrected chi connectivity index (χ3v) is 3.87. The van der Waals surface area contributed by atoms with Gasteiger partial charge in [-0.1, -0.05) is 18.2 Å². The van der Waals surface area contributed by atoms with Gasteiger partial charge in [-0.3, -0.25) is 0 Å². The van der Waals surface area contributed by atoms with Gasteiger partial charge in [-0.2, -0.15) is 5.10 Å². The first-order chi connectivity index (χ1) is 12.1. The molecular weight excluding hydrogens is 334 g/mol. The van der Waals surface area contributed by atoms with Gasteiger partial charge in [0.25, 0.3) is 0 Å². The SMILES string of the molecule is Cc1ccccc1-n1ncc(CC(NC(=O)OC(C)(C)C)C(=O)O)c1C. The number of carbonyl (C=O) groups is 2. The lowest BCUT2D eigenvalue weighted by atomic mass is 10.1. The molecule has 0 saturated heterocycles. The largest absolute Gasteiger partial charge is 0.480 e. The van der Waals surface area contributed by atoms with Gasteiger partial charge in [0, 0.05) is 12.1 Å². The Labute approximate surface area is 153 Å². The maximum atomic E-state index is 11.9. The minimum atomic E-state index is -1.13. The third-order valence-electron chi connectivity index (χ3n) is 3.87. The molecule has 2 aromatic rings. The summed E-state index contributed by atoms with van der Waals surface area (Å²) < 4.78 is 6.92. The van der Waals surface area contributed by atoms with Crippen LogP contribution in [0.15, 0.2) is 30.5 Å². The molecule has 1 heterocycles. The number of rotatable bonds is 5. The number of carboxylic acid groups (broad SMARTS) is 1. The Morgan fingerprint density at radius 1 is 1.27 bits per heavy atom. The monoisotopic (exact) mass is 359 g/mol. The number of nitrogens with zero attached hydrogens (tertiary/aromatic N) is 2. The number of aliphatic carboxylic acids is 1. The van der Waals surface area contributed by atoms with Crippen LogP contribution in [0.2, 0.25) is 0 Å². The molecule has 1 aromatic heterocycles. The molecule has 1 unspecified atom stereocenters. The van der Waals surface area contributed by atoms with Gasteiger partial charge in [-0.15, -0.1) is 0 Å². The number of hydrogen-bond donors (Lipinski definition) is 2. The van der Waals surface area contributed by atoms with Gasteiger partial charge in [0.2, 0.25) is 0 Å². The number of amides is 1. The molecule has 0 spiro atoms. The Kier molecular flexibility index (Phi) is 5.69. The number of benzene rings is 1. The zero-order valence-corrected chi connectivity index (χ0v) is 15.7. The van der Waals surface area contributed by atoms with Crippen molar-refractivity contribution in [2.24, 2.45) is 0 Å². The van der Waals surface area contributed by atoms with E-state index in [-0.39, 0.29) is 6.42 Å². The van der Waals surface area contributed by atoms with Crippen molar-refractivity contribution in [3.63, 3.8) is 0 Å². The summed E-state index contributed by atoms with van der Waals surface area (Å²) >= 11 is 0. The molecule has 2 N–H and O–H groups in total. The molecule has 0 aliphatic rings. The lowest BCUT2D eigenvalue weighted by Crippen LogP contribution is -2.44. The van der Waals surface area contributed by atoms with Crippen LogP contribution in [0.1, 0.15) is 37.6 Å². The van der Waals surface area contributed by atoms with Crippen molar-refractivity contribution < 1.29 is 19.4 Å². The first kappa shape index (κ1) is 19.5. The van der Waals surface area contributed by atoms with Crippen LogP contribution in [-0.4, -0.2) is 38.6 Å². The molecule has 0 saturated carbocycles. The fraction of sp³-hybridized carbons (Fsp3) is 0.421. The molecule has 1 aromatic carbocycles. The van der Waals surface area contributed by atoms with Crippen LogP contribution in [0.3, 0.4) is 0 Å². The fourth-order valence-corrected chi connectivity index (χ4v) is 2.56. The van der Waals surface area contributed by atoms with E-state index in [0.717, 1.165) is 22.5 Å². The number of nitrogens with one attached hydrogen (secondary N) is 1. The first-order valence-electron chi connectivity index (χ1n) is 8.40. The van der Waals surface area contributed by atoms with Crippen molar-refractivity contribution in [3.05, 3.63) is 47.3 Å². The lowest BCUT2D eigenvalue weighted by Gasteiger charge is -2.22. The number of alkyl carbamates (subject to hydrolysis) is 1. The van der Waals surface area contributed by atoms with Crippen molar-refractivity contribution in [2.75, 3.05) is 0 Å². The maximum Gasteiger partial charge on any atom is 0.408 e. The standard InChI is InChI=1S/C19H25N3O4/c1-12-8-6-7-9-16(12)22-13(2)14(11-20-22)10-15(17(23)24)21-18(25)26-19(3,4)5/h6-9,11,15H,10H2,1-5H3,(H,21,25)(H,23,24). The second-order valence-corrected chi connectivity index (χ2v) is 7.19. The molecule has 7 nitrogen and oxygen atoms in total. The molecule has 7 heteroatoms.